The van der Waals surface area contributed by atoms with Crippen LogP contribution in [0.15, 0.2) is 39.8 Å². The van der Waals surface area contributed by atoms with Gasteiger partial charge < -0.3 is 15.2 Å². The number of sulfonamides is 1. The summed E-state index contributed by atoms with van der Waals surface area (Å²) in [6, 6.07) is 8.50. The Labute approximate surface area is 151 Å². The second-order valence-corrected chi connectivity index (χ2v) is 7.15. The molecule has 0 aliphatic rings. The molecule has 26 heavy (non-hydrogen) atoms. The molecule has 0 spiro atoms. The number of benzene rings is 1. The van der Waals surface area contributed by atoms with E-state index < -0.39 is 15.9 Å². The maximum atomic E-state index is 12.2. The fraction of sp³-hybridized carbons (Fsp3) is 0.312. The minimum atomic E-state index is -3.77. The highest BCUT2D eigenvalue weighted by atomic mass is 32.2. The predicted octanol–water partition coefficient (Wildman–Crippen LogP) is 0.116. The molecule has 3 N–H and O–H groups in total. The zero-order valence-corrected chi connectivity index (χ0v) is 15.2. The van der Waals surface area contributed by atoms with E-state index in [9.17, 15) is 18.0 Å². The molecule has 0 aliphatic carbocycles. The molecule has 10 heteroatoms. The Balaban J connectivity index is 1.73. The standard InChI is InChI=1S/C16H20N4O5S/c1-11-15(12(2)25-20-11)26(23,24)19-9-8-17-14(21)10-18-16(22)13-6-4-3-5-7-13/h3-7,19H,8-10H2,1-2H3,(H,17,21)(H,18,22). The van der Waals surface area contributed by atoms with Crippen LogP contribution >= 0.6 is 0 Å². The molecule has 0 unspecified atom stereocenters. The first kappa shape index (κ1) is 19.6. The second-order valence-electron chi connectivity index (χ2n) is 5.45. The zero-order valence-electron chi connectivity index (χ0n) is 14.4. The lowest BCUT2D eigenvalue weighted by atomic mass is 10.2. The highest BCUT2D eigenvalue weighted by molar-refractivity contribution is 7.89. The molecule has 0 aliphatic heterocycles. The van der Waals surface area contributed by atoms with Crippen LogP contribution in [-0.4, -0.2) is 45.0 Å². The number of carbonyl (C=O) groups excluding carboxylic acids is 2. The summed E-state index contributed by atoms with van der Waals surface area (Å²) in [6.07, 6.45) is 0. The maximum absolute atomic E-state index is 12.2. The van der Waals surface area contributed by atoms with Crippen molar-refractivity contribution >= 4 is 21.8 Å². The van der Waals surface area contributed by atoms with E-state index in [0.29, 0.717) is 5.56 Å². The van der Waals surface area contributed by atoms with Crippen LogP contribution in [0.25, 0.3) is 0 Å². The van der Waals surface area contributed by atoms with Crippen molar-refractivity contribution in [1.29, 1.82) is 0 Å². The Morgan fingerprint density at radius 3 is 2.38 bits per heavy atom. The summed E-state index contributed by atoms with van der Waals surface area (Å²) in [5.74, 6) is -0.590. The lowest BCUT2D eigenvalue weighted by molar-refractivity contribution is -0.120. The molecular formula is C16H20N4O5S. The second kappa shape index (κ2) is 8.59. The lowest BCUT2D eigenvalue weighted by Crippen LogP contribution is -2.40. The molecule has 9 nitrogen and oxygen atoms in total. The monoisotopic (exact) mass is 380 g/mol. The normalized spacial score (nSPS) is 11.2. The number of nitrogens with one attached hydrogen (secondary N) is 3. The van der Waals surface area contributed by atoms with Gasteiger partial charge in [0.25, 0.3) is 5.91 Å². The van der Waals surface area contributed by atoms with Crippen molar-refractivity contribution in [3.63, 3.8) is 0 Å². The van der Waals surface area contributed by atoms with Crippen LogP contribution in [0, 0.1) is 13.8 Å². The van der Waals surface area contributed by atoms with Gasteiger partial charge in [-0.1, -0.05) is 23.4 Å². The molecular weight excluding hydrogens is 360 g/mol. The summed E-state index contributed by atoms with van der Waals surface area (Å²) in [4.78, 5) is 23.5. The Kier molecular flexibility index (Phi) is 6.47. The summed E-state index contributed by atoms with van der Waals surface area (Å²) in [5.41, 5.74) is 0.718. The molecule has 2 aromatic rings. The van der Waals surface area contributed by atoms with Crippen LogP contribution in [0.5, 0.6) is 0 Å². The average molecular weight is 380 g/mol. The molecule has 2 amide bonds. The molecule has 1 aromatic carbocycles. The van der Waals surface area contributed by atoms with Gasteiger partial charge in [0, 0.05) is 18.7 Å². The largest absolute Gasteiger partial charge is 0.360 e. The highest BCUT2D eigenvalue weighted by Gasteiger charge is 2.23. The topological polar surface area (TPSA) is 130 Å². The van der Waals surface area contributed by atoms with Crippen molar-refractivity contribution in [1.82, 2.24) is 20.5 Å². The Morgan fingerprint density at radius 2 is 1.77 bits per heavy atom. The molecule has 0 bridgehead atoms. The van der Waals surface area contributed by atoms with Gasteiger partial charge in [-0.2, -0.15) is 0 Å². The number of amides is 2. The van der Waals surface area contributed by atoms with Crippen molar-refractivity contribution < 1.29 is 22.5 Å². The van der Waals surface area contributed by atoms with E-state index in [4.69, 9.17) is 4.52 Å². The molecule has 0 fully saturated rings. The number of rotatable bonds is 8. The summed E-state index contributed by atoms with van der Waals surface area (Å²) in [7, 11) is -3.77. The number of hydrogen-bond acceptors (Lipinski definition) is 6. The van der Waals surface area contributed by atoms with Crippen LogP contribution in [0.3, 0.4) is 0 Å². The van der Waals surface area contributed by atoms with Crippen molar-refractivity contribution in [2.24, 2.45) is 0 Å². The van der Waals surface area contributed by atoms with E-state index in [0.717, 1.165) is 0 Å². The Morgan fingerprint density at radius 1 is 1.08 bits per heavy atom. The van der Waals surface area contributed by atoms with E-state index in [1.54, 1.807) is 30.3 Å². The predicted molar refractivity (Wildman–Crippen MR) is 93.0 cm³/mol. The van der Waals surface area contributed by atoms with E-state index >= 15 is 0 Å². The smallest absolute Gasteiger partial charge is 0.251 e. The number of aryl methyl sites for hydroxylation is 2. The van der Waals surface area contributed by atoms with Crippen molar-refractivity contribution in [2.75, 3.05) is 19.6 Å². The first-order valence-electron chi connectivity index (χ1n) is 7.84. The van der Waals surface area contributed by atoms with Gasteiger partial charge in [-0.25, -0.2) is 13.1 Å². The lowest BCUT2D eigenvalue weighted by Gasteiger charge is -2.08. The van der Waals surface area contributed by atoms with Crippen LogP contribution in [-0.2, 0) is 14.8 Å². The Hall–Kier alpha value is -2.72. The zero-order chi connectivity index (χ0) is 19.2. The minimum absolute atomic E-state index is 0.000971. The summed E-state index contributed by atoms with van der Waals surface area (Å²) < 4.78 is 31.5. The number of nitrogens with zero attached hydrogens (tertiary/aromatic N) is 1. The van der Waals surface area contributed by atoms with Gasteiger partial charge in [-0.3, -0.25) is 9.59 Å². The van der Waals surface area contributed by atoms with Crippen LogP contribution in [0.2, 0.25) is 0 Å². The quantitative estimate of drug-likeness (QED) is 0.558. The molecule has 140 valence electrons. The van der Waals surface area contributed by atoms with Gasteiger partial charge in [-0.05, 0) is 26.0 Å². The molecule has 2 rings (SSSR count). The Bertz CT molecular complexity index is 858. The minimum Gasteiger partial charge on any atom is -0.360 e. The molecule has 0 atom stereocenters. The summed E-state index contributed by atoms with van der Waals surface area (Å²) in [6.45, 7) is 2.89. The van der Waals surface area contributed by atoms with Gasteiger partial charge in [0.1, 0.15) is 10.6 Å². The molecule has 0 radical (unpaired) electrons. The SMILES string of the molecule is Cc1noc(C)c1S(=O)(=O)NCCNC(=O)CNC(=O)c1ccccc1. The van der Waals surface area contributed by atoms with E-state index in [1.165, 1.54) is 13.8 Å². The fourth-order valence-corrected chi connectivity index (χ4v) is 3.59. The molecule has 1 aromatic heterocycles. The molecule has 0 saturated carbocycles. The van der Waals surface area contributed by atoms with Gasteiger partial charge in [0.05, 0.1) is 6.54 Å². The fourth-order valence-electron chi connectivity index (χ4n) is 2.23. The third-order valence-electron chi connectivity index (χ3n) is 3.42. The van der Waals surface area contributed by atoms with E-state index in [1.807, 2.05) is 0 Å². The summed E-state index contributed by atoms with van der Waals surface area (Å²) >= 11 is 0. The van der Waals surface area contributed by atoms with Gasteiger partial charge in [0.2, 0.25) is 15.9 Å². The highest BCUT2D eigenvalue weighted by Crippen LogP contribution is 2.17. The van der Waals surface area contributed by atoms with Gasteiger partial charge in [-0.15, -0.1) is 0 Å². The van der Waals surface area contributed by atoms with Crippen molar-refractivity contribution in [2.45, 2.75) is 18.7 Å². The van der Waals surface area contributed by atoms with Crippen molar-refractivity contribution in [3.8, 4) is 0 Å². The number of aromatic nitrogens is 1. The van der Waals surface area contributed by atoms with Gasteiger partial charge >= 0.3 is 0 Å². The van der Waals surface area contributed by atoms with E-state index in [2.05, 4.69) is 20.5 Å². The maximum Gasteiger partial charge on any atom is 0.251 e. The first-order chi connectivity index (χ1) is 12.3. The van der Waals surface area contributed by atoms with Gasteiger partial charge in [0.15, 0.2) is 5.76 Å². The number of carbonyl (C=O) groups is 2. The molecule has 0 saturated heterocycles. The van der Waals surface area contributed by atoms with E-state index in [-0.39, 0.29) is 41.9 Å². The van der Waals surface area contributed by atoms with Crippen LogP contribution in [0.4, 0.5) is 0 Å². The van der Waals surface area contributed by atoms with Crippen LogP contribution in [0.1, 0.15) is 21.8 Å². The third-order valence-corrected chi connectivity index (χ3v) is 5.13. The van der Waals surface area contributed by atoms with Crippen LogP contribution < -0.4 is 15.4 Å². The third kappa shape index (κ3) is 5.14. The first-order valence-corrected chi connectivity index (χ1v) is 9.32. The molecule has 1 heterocycles. The number of hydrogen-bond donors (Lipinski definition) is 3. The summed E-state index contributed by atoms with van der Waals surface area (Å²) in [5, 5.41) is 8.60. The van der Waals surface area contributed by atoms with Crippen molar-refractivity contribution in [3.05, 3.63) is 47.3 Å². The average Bonchev–Trinajstić information content (AvgIpc) is 2.96.